The first-order valence-electron chi connectivity index (χ1n) is 7.92. The summed E-state index contributed by atoms with van der Waals surface area (Å²) in [6, 6.07) is 1.94. The summed E-state index contributed by atoms with van der Waals surface area (Å²) >= 11 is 0. The maximum Gasteiger partial charge on any atom is 0.119 e. The van der Waals surface area contributed by atoms with Crippen LogP contribution in [0.1, 0.15) is 63.1 Å². The van der Waals surface area contributed by atoms with E-state index in [0.29, 0.717) is 5.75 Å². The van der Waals surface area contributed by atoms with Gasteiger partial charge in [0.1, 0.15) is 5.75 Å². The largest absolute Gasteiger partial charge is 0.508 e. The van der Waals surface area contributed by atoms with E-state index >= 15 is 0 Å². The number of hydrogen-bond donors (Lipinski definition) is 2. The highest BCUT2D eigenvalue weighted by Crippen LogP contribution is 2.39. The van der Waals surface area contributed by atoms with Crippen LogP contribution in [0.2, 0.25) is 0 Å². The quantitative estimate of drug-likeness (QED) is 0.762. The monoisotopic (exact) mass is 275 g/mol. The van der Waals surface area contributed by atoms with Crippen molar-refractivity contribution in [1.82, 2.24) is 0 Å². The molecule has 1 aliphatic heterocycles. The molecule has 2 heteroatoms. The molecule has 0 radical (unpaired) electrons. The van der Waals surface area contributed by atoms with Crippen LogP contribution in [0.15, 0.2) is 6.07 Å². The number of aromatic hydroxyl groups is 1. The molecule has 1 unspecified atom stereocenters. The topological polar surface area (TPSA) is 32.3 Å². The lowest BCUT2D eigenvalue weighted by molar-refractivity contribution is 0.389. The Balaban J connectivity index is 2.15. The Morgan fingerprint density at radius 2 is 2.00 bits per heavy atom. The van der Waals surface area contributed by atoms with E-state index < -0.39 is 0 Å². The molecular weight excluding hydrogens is 246 g/mol. The van der Waals surface area contributed by atoms with Crippen molar-refractivity contribution in [3.05, 3.63) is 22.8 Å². The third kappa shape index (κ3) is 3.11. The van der Waals surface area contributed by atoms with E-state index in [4.69, 9.17) is 0 Å². The minimum atomic E-state index is 0.204. The summed E-state index contributed by atoms with van der Waals surface area (Å²) in [6.07, 6.45) is 6.03. The molecule has 1 atom stereocenters. The first-order valence-corrected chi connectivity index (χ1v) is 7.92. The van der Waals surface area contributed by atoms with Crippen molar-refractivity contribution in [2.24, 2.45) is 5.92 Å². The molecule has 2 nitrogen and oxygen atoms in total. The van der Waals surface area contributed by atoms with E-state index in [1.54, 1.807) is 0 Å². The Morgan fingerprint density at radius 3 is 2.65 bits per heavy atom. The van der Waals surface area contributed by atoms with Crippen molar-refractivity contribution in [2.45, 2.75) is 72.3 Å². The second-order valence-electron chi connectivity index (χ2n) is 7.15. The lowest BCUT2D eigenvalue weighted by atomic mass is 9.82. The molecule has 1 aromatic carbocycles. The molecule has 2 rings (SSSR count). The number of rotatable bonds is 4. The number of anilines is 1. The van der Waals surface area contributed by atoms with Crippen LogP contribution in [0.25, 0.3) is 0 Å². The summed E-state index contributed by atoms with van der Waals surface area (Å²) in [4.78, 5) is 0. The van der Waals surface area contributed by atoms with Gasteiger partial charge < -0.3 is 10.4 Å². The zero-order valence-corrected chi connectivity index (χ0v) is 13.6. The summed E-state index contributed by atoms with van der Waals surface area (Å²) in [5.74, 6) is 1.22. The third-order valence-corrected chi connectivity index (χ3v) is 4.84. The number of phenolic OH excluding ortho intramolecular Hbond substituents is 1. The third-order valence-electron chi connectivity index (χ3n) is 4.84. The molecule has 1 aliphatic rings. The Kier molecular flexibility index (Phi) is 4.31. The van der Waals surface area contributed by atoms with Crippen LogP contribution in [-0.4, -0.2) is 10.6 Å². The summed E-state index contributed by atoms with van der Waals surface area (Å²) < 4.78 is 0. The minimum absolute atomic E-state index is 0.204. The number of benzene rings is 1. The van der Waals surface area contributed by atoms with Gasteiger partial charge in [-0.3, -0.25) is 0 Å². The number of hydrogen-bond acceptors (Lipinski definition) is 2. The van der Waals surface area contributed by atoms with Crippen LogP contribution in [-0.2, 0) is 6.42 Å². The van der Waals surface area contributed by atoms with E-state index in [2.05, 4.69) is 33.0 Å². The second-order valence-corrected chi connectivity index (χ2v) is 7.15. The highest BCUT2D eigenvalue weighted by atomic mass is 16.3. The number of fused-ring (bicyclic) bond motifs is 1. The number of phenols is 1. The van der Waals surface area contributed by atoms with Crippen molar-refractivity contribution in [3.63, 3.8) is 0 Å². The number of aryl methyl sites for hydroxylation is 1. The molecule has 0 aromatic heterocycles. The maximum absolute atomic E-state index is 9.96. The molecule has 0 amide bonds. The molecular formula is C18H29NO. The Morgan fingerprint density at radius 1 is 1.30 bits per heavy atom. The fourth-order valence-corrected chi connectivity index (χ4v) is 3.20. The van der Waals surface area contributed by atoms with E-state index in [-0.39, 0.29) is 5.54 Å². The fraction of sp³-hybridized carbons (Fsp3) is 0.667. The molecule has 1 heterocycles. The molecule has 0 saturated carbocycles. The van der Waals surface area contributed by atoms with Gasteiger partial charge in [-0.2, -0.15) is 0 Å². The van der Waals surface area contributed by atoms with Gasteiger partial charge in [0.15, 0.2) is 0 Å². The fourth-order valence-electron chi connectivity index (χ4n) is 3.20. The van der Waals surface area contributed by atoms with Gasteiger partial charge in [0.2, 0.25) is 0 Å². The van der Waals surface area contributed by atoms with Gasteiger partial charge in [-0.15, -0.1) is 0 Å². The minimum Gasteiger partial charge on any atom is -0.508 e. The highest BCUT2D eigenvalue weighted by molar-refractivity contribution is 5.66. The summed E-state index contributed by atoms with van der Waals surface area (Å²) in [5.41, 5.74) is 4.94. The number of nitrogens with one attached hydrogen (secondary N) is 1. The van der Waals surface area contributed by atoms with Crippen LogP contribution in [0, 0.1) is 19.8 Å². The van der Waals surface area contributed by atoms with Crippen molar-refractivity contribution >= 4 is 5.69 Å². The van der Waals surface area contributed by atoms with E-state index in [1.165, 1.54) is 36.1 Å². The molecule has 0 spiro atoms. The van der Waals surface area contributed by atoms with Crippen molar-refractivity contribution < 1.29 is 5.11 Å². The predicted molar refractivity (Wildman–Crippen MR) is 86.6 cm³/mol. The zero-order chi connectivity index (χ0) is 14.9. The van der Waals surface area contributed by atoms with E-state index in [0.717, 1.165) is 24.3 Å². The second kappa shape index (κ2) is 5.67. The van der Waals surface area contributed by atoms with Gasteiger partial charge in [-0.1, -0.05) is 26.7 Å². The Hall–Kier alpha value is -1.18. The van der Waals surface area contributed by atoms with Gasteiger partial charge in [-0.25, -0.2) is 0 Å². The molecule has 0 fully saturated rings. The molecule has 20 heavy (non-hydrogen) atoms. The summed E-state index contributed by atoms with van der Waals surface area (Å²) in [6.45, 7) is 11.0. The average molecular weight is 275 g/mol. The lowest BCUT2D eigenvalue weighted by Crippen LogP contribution is -2.39. The summed E-state index contributed by atoms with van der Waals surface area (Å²) in [7, 11) is 0. The SMILES string of the molecule is Cc1c(O)cc2c(c1C)NC(C)(CCCC(C)C)CC2. The lowest BCUT2D eigenvalue weighted by Gasteiger charge is -2.38. The van der Waals surface area contributed by atoms with Crippen LogP contribution in [0.4, 0.5) is 5.69 Å². The highest BCUT2D eigenvalue weighted by Gasteiger charge is 2.30. The van der Waals surface area contributed by atoms with Gasteiger partial charge in [0.25, 0.3) is 0 Å². The van der Waals surface area contributed by atoms with Gasteiger partial charge in [-0.05, 0) is 68.7 Å². The van der Waals surface area contributed by atoms with Crippen molar-refractivity contribution in [2.75, 3.05) is 5.32 Å². The first-order chi connectivity index (χ1) is 9.32. The molecule has 0 bridgehead atoms. The van der Waals surface area contributed by atoms with Crippen LogP contribution in [0.5, 0.6) is 5.75 Å². The van der Waals surface area contributed by atoms with Crippen molar-refractivity contribution in [3.8, 4) is 5.75 Å². The zero-order valence-electron chi connectivity index (χ0n) is 13.6. The maximum atomic E-state index is 9.96. The molecule has 1 aromatic rings. The average Bonchev–Trinajstić information content (AvgIpc) is 2.37. The van der Waals surface area contributed by atoms with Crippen LogP contribution in [0.3, 0.4) is 0 Å². The van der Waals surface area contributed by atoms with Crippen LogP contribution < -0.4 is 5.32 Å². The molecule has 112 valence electrons. The Bertz CT molecular complexity index is 493. The Labute approximate surface area is 123 Å². The van der Waals surface area contributed by atoms with Gasteiger partial charge in [0, 0.05) is 11.2 Å². The van der Waals surface area contributed by atoms with E-state index in [9.17, 15) is 5.11 Å². The molecule has 0 saturated heterocycles. The van der Waals surface area contributed by atoms with Gasteiger partial charge >= 0.3 is 0 Å². The first kappa shape index (κ1) is 15.2. The normalized spacial score (nSPS) is 21.7. The molecule has 2 N–H and O–H groups in total. The summed E-state index contributed by atoms with van der Waals surface area (Å²) in [5, 5.41) is 13.7. The smallest absolute Gasteiger partial charge is 0.119 e. The van der Waals surface area contributed by atoms with Crippen LogP contribution >= 0.6 is 0 Å². The van der Waals surface area contributed by atoms with Gasteiger partial charge in [0.05, 0.1) is 0 Å². The van der Waals surface area contributed by atoms with Crippen molar-refractivity contribution in [1.29, 1.82) is 0 Å². The predicted octanol–water partition coefficient (Wildman–Crippen LogP) is 4.95. The standard InChI is InChI=1S/C18H29NO/c1-12(2)7-6-9-18(5)10-8-15-11-16(20)13(3)14(4)17(15)19-18/h11-12,19-20H,6-10H2,1-5H3. The molecule has 0 aliphatic carbocycles. The van der Waals surface area contributed by atoms with E-state index in [1.807, 2.05) is 13.0 Å².